The minimum Gasteiger partial charge on any atom is -0.354 e. The van der Waals surface area contributed by atoms with Crippen LogP contribution in [0.3, 0.4) is 0 Å². The highest BCUT2D eigenvalue weighted by molar-refractivity contribution is 5.34. The first-order valence-corrected chi connectivity index (χ1v) is 5.69. The van der Waals surface area contributed by atoms with Crippen molar-refractivity contribution in [2.45, 2.75) is 12.1 Å². The molecule has 98 valence electrons. The molecule has 2 atom stereocenters. The summed E-state index contributed by atoms with van der Waals surface area (Å²) < 4.78 is 10.9. The van der Waals surface area contributed by atoms with Crippen molar-refractivity contribution in [1.29, 1.82) is 0 Å². The number of hydrogen-bond donors (Lipinski definition) is 0. The quantitative estimate of drug-likeness (QED) is 0.603. The van der Waals surface area contributed by atoms with Gasteiger partial charge in [-0.15, -0.1) is 0 Å². The van der Waals surface area contributed by atoms with Crippen LogP contribution >= 0.6 is 0 Å². The monoisotopic (exact) mass is 252 g/mol. The van der Waals surface area contributed by atoms with Crippen molar-refractivity contribution in [2.75, 3.05) is 27.5 Å². The highest BCUT2D eigenvalue weighted by atomic mass is 16.7. The first kappa shape index (κ1) is 12.9. The summed E-state index contributed by atoms with van der Waals surface area (Å²) in [7, 11) is 3.92. The minimum absolute atomic E-state index is 0.0900. The first-order chi connectivity index (χ1) is 8.59. The van der Waals surface area contributed by atoms with Gasteiger partial charge in [0.25, 0.3) is 5.69 Å². The molecule has 6 nitrogen and oxygen atoms in total. The second kappa shape index (κ2) is 5.43. The number of rotatable bonds is 3. The van der Waals surface area contributed by atoms with Gasteiger partial charge in [0, 0.05) is 12.1 Å². The summed E-state index contributed by atoms with van der Waals surface area (Å²) in [6.45, 7) is 0.848. The van der Waals surface area contributed by atoms with Crippen LogP contribution in [0.1, 0.15) is 11.7 Å². The molecule has 0 bridgehead atoms. The molecule has 2 rings (SSSR count). The van der Waals surface area contributed by atoms with E-state index in [1.54, 1.807) is 12.1 Å². The van der Waals surface area contributed by atoms with Crippen molar-refractivity contribution in [3.05, 3.63) is 39.9 Å². The Morgan fingerprint density at radius 2 is 2.00 bits per heavy atom. The second-order valence-corrected chi connectivity index (χ2v) is 4.46. The molecule has 0 aliphatic carbocycles. The van der Waals surface area contributed by atoms with Gasteiger partial charge in [0.05, 0.1) is 17.6 Å². The molecule has 1 heterocycles. The average molecular weight is 252 g/mol. The van der Waals surface area contributed by atoms with E-state index in [4.69, 9.17) is 9.47 Å². The lowest BCUT2D eigenvalue weighted by Gasteiger charge is -2.35. The Labute approximate surface area is 105 Å². The summed E-state index contributed by atoms with van der Waals surface area (Å²) >= 11 is 0. The van der Waals surface area contributed by atoms with Crippen LogP contribution in [0.2, 0.25) is 0 Å². The van der Waals surface area contributed by atoms with Gasteiger partial charge < -0.3 is 14.4 Å². The van der Waals surface area contributed by atoms with Crippen LogP contribution in [0.4, 0.5) is 5.69 Å². The van der Waals surface area contributed by atoms with Gasteiger partial charge in [-0.25, -0.2) is 0 Å². The molecule has 0 amide bonds. The third-order valence-electron chi connectivity index (χ3n) is 3.06. The number of benzene rings is 1. The summed E-state index contributed by atoms with van der Waals surface area (Å²) in [6, 6.07) is 6.59. The van der Waals surface area contributed by atoms with E-state index in [-0.39, 0.29) is 24.6 Å². The fourth-order valence-electron chi connectivity index (χ4n) is 2.01. The second-order valence-electron chi connectivity index (χ2n) is 4.46. The Hall–Kier alpha value is -1.50. The summed E-state index contributed by atoms with van der Waals surface area (Å²) in [5.74, 6) is 0. The fraction of sp³-hybridized carbons (Fsp3) is 0.500. The van der Waals surface area contributed by atoms with E-state index in [2.05, 4.69) is 0 Å². The van der Waals surface area contributed by atoms with Crippen LogP contribution in [0.5, 0.6) is 0 Å². The van der Waals surface area contributed by atoms with E-state index in [1.165, 1.54) is 12.1 Å². The predicted octanol–water partition coefficient (Wildman–Crippen LogP) is 1.57. The zero-order chi connectivity index (χ0) is 13.1. The van der Waals surface area contributed by atoms with Crippen LogP contribution in [0, 0.1) is 10.1 Å². The van der Waals surface area contributed by atoms with Gasteiger partial charge in [0.15, 0.2) is 0 Å². The van der Waals surface area contributed by atoms with E-state index >= 15 is 0 Å². The number of hydrogen-bond acceptors (Lipinski definition) is 5. The zero-order valence-corrected chi connectivity index (χ0v) is 10.4. The van der Waals surface area contributed by atoms with Crippen LogP contribution in [-0.2, 0) is 9.47 Å². The third kappa shape index (κ3) is 2.66. The Bertz CT molecular complexity index is 419. The smallest absolute Gasteiger partial charge is 0.269 e. The van der Waals surface area contributed by atoms with Crippen LogP contribution < -0.4 is 0 Å². The lowest BCUT2D eigenvalue weighted by Crippen LogP contribution is -2.42. The van der Waals surface area contributed by atoms with Crippen molar-refractivity contribution in [2.24, 2.45) is 0 Å². The van der Waals surface area contributed by atoms with Crippen molar-refractivity contribution < 1.29 is 14.4 Å². The van der Waals surface area contributed by atoms with E-state index in [9.17, 15) is 10.1 Å². The molecular weight excluding hydrogens is 236 g/mol. The molecule has 0 saturated carbocycles. The zero-order valence-electron chi connectivity index (χ0n) is 10.4. The number of nitro groups is 1. The van der Waals surface area contributed by atoms with E-state index in [0.717, 1.165) is 5.56 Å². The van der Waals surface area contributed by atoms with Gasteiger partial charge in [0.1, 0.15) is 12.9 Å². The maximum atomic E-state index is 10.6. The topological polar surface area (TPSA) is 64.8 Å². The Balaban J connectivity index is 2.20. The van der Waals surface area contributed by atoms with Crippen molar-refractivity contribution in [3.8, 4) is 0 Å². The van der Waals surface area contributed by atoms with Gasteiger partial charge in [0.2, 0.25) is 0 Å². The third-order valence-corrected chi connectivity index (χ3v) is 3.06. The van der Waals surface area contributed by atoms with Crippen molar-refractivity contribution in [1.82, 2.24) is 4.90 Å². The summed E-state index contributed by atoms with van der Waals surface area (Å²) in [5, 5.41) is 10.6. The molecule has 1 aliphatic rings. The summed E-state index contributed by atoms with van der Waals surface area (Å²) in [5.41, 5.74) is 1.02. The maximum Gasteiger partial charge on any atom is 0.269 e. The van der Waals surface area contributed by atoms with Crippen LogP contribution in [0.25, 0.3) is 0 Å². The fourth-order valence-corrected chi connectivity index (χ4v) is 2.01. The highest BCUT2D eigenvalue weighted by Crippen LogP contribution is 2.28. The molecule has 0 radical (unpaired) electrons. The molecule has 1 aromatic carbocycles. The highest BCUT2D eigenvalue weighted by Gasteiger charge is 2.29. The van der Waals surface area contributed by atoms with Crippen LogP contribution in [-0.4, -0.2) is 43.4 Å². The molecule has 1 aromatic rings. The van der Waals surface area contributed by atoms with Gasteiger partial charge >= 0.3 is 0 Å². The van der Waals surface area contributed by atoms with E-state index in [1.807, 2.05) is 19.0 Å². The van der Waals surface area contributed by atoms with Crippen LogP contribution in [0.15, 0.2) is 24.3 Å². The molecule has 0 N–H and O–H groups in total. The molecule has 0 aromatic heterocycles. The van der Waals surface area contributed by atoms with Crippen molar-refractivity contribution in [3.63, 3.8) is 0 Å². The van der Waals surface area contributed by atoms with Gasteiger partial charge in [-0.1, -0.05) is 0 Å². The SMILES string of the molecule is CN(C)[C@H]1COCO[C@H]1c1ccc([N+](=O)[O-])cc1. The summed E-state index contributed by atoms with van der Waals surface area (Å²) in [6.07, 6.45) is -0.116. The molecule has 1 aliphatic heterocycles. The first-order valence-electron chi connectivity index (χ1n) is 5.69. The molecule has 6 heteroatoms. The lowest BCUT2D eigenvalue weighted by molar-refractivity contribution is -0.384. The van der Waals surface area contributed by atoms with Gasteiger partial charge in [-0.2, -0.15) is 0 Å². The van der Waals surface area contributed by atoms with E-state index in [0.29, 0.717) is 6.61 Å². The van der Waals surface area contributed by atoms with E-state index < -0.39 is 4.92 Å². The number of ether oxygens (including phenoxy) is 2. The molecule has 18 heavy (non-hydrogen) atoms. The minimum atomic E-state index is -0.405. The Morgan fingerprint density at radius 1 is 1.33 bits per heavy atom. The van der Waals surface area contributed by atoms with Gasteiger partial charge in [-0.3, -0.25) is 10.1 Å². The molecule has 0 unspecified atom stereocenters. The predicted molar refractivity (Wildman–Crippen MR) is 65.2 cm³/mol. The number of likely N-dealkylation sites (N-methyl/N-ethyl adjacent to an activating group) is 1. The largest absolute Gasteiger partial charge is 0.354 e. The van der Waals surface area contributed by atoms with Crippen molar-refractivity contribution >= 4 is 5.69 Å². The molecular formula is C12H16N2O4. The number of nitrogens with zero attached hydrogens (tertiary/aromatic N) is 2. The Kier molecular flexibility index (Phi) is 3.90. The molecule has 0 spiro atoms. The normalized spacial score (nSPS) is 24.2. The average Bonchev–Trinajstić information content (AvgIpc) is 2.39. The standard InChI is InChI=1S/C12H16N2O4/c1-13(2)11-7-17-8-18-12(11)9-3-5-10(6-4-9)14(15)16/h3-6,11-12H,7-8H2,1-2H3/t11-,12-/m0/s1. The summed E-state index contributed by atoms with van der Waals surface area (Å²) in [4.78, 5) is 12.2. The number of non-ortho nitro benzene ring substituents is 1. The van der Waals surface area contributed by atoms with Gasteiger partial charge in [-0.05, 0) is 31.8 Å². The number of nitro benzene ring substituents is 1. The maximum absolute atomic E-state index is 10.6. The molecule has 1 saturated heterocycles. The Morgan fingerprint density at radius 3 is 2.56 bits per heavy atom. The lowest BCUT2D eigenvalue weighted by atomic mass is 10.0. The molecule has 1 fully saturated rings.